The van der Waals surface area contributed by atoms with E-state index in [0.29, 0.717) is 0 Å². The zero-order chi connectivity index (χ0) is 19.0. The van der Waals surface area contributed by atoms with Gasteiger partial charge in [-0.2, -0.15) is 5.10 Å². The average Bonchev–Trinajstić information content (AvgIpc) is 3.44. The first-order chi connectivity index (χ1) is 13.9. The maximum Gasteiger partial charge on any atom is 0.0885 e. The first kappa shape index (κ1) is 17.4. The molecule has 28 heavy (non-hydrogen) atoms. The smallest absolute Gasteiger partial charge is 0.0885 e. The lowest BCUT2D eigenvalue weighted by Gasteiger charge is -1.90. The van der Waals surface area contributed by atoms with Crippen LogP contribution in [0, 0.1) is 0 Å². The largest absolute Gasteiger partial charge is 0.324 e. The standard InChI is InChI=1S/C8H6N2.C8H7N.C7H6N2/c1-2-7-3-5-9-6-8(7)10-4-1;1-2-6-9-7-3-5-8(9)4-1;1-2-6-9-7(3-1)4-5-8-9/h1-6H;1-7H;1-6H. The van der Waals surface area contributed by atoms with Gasteiger partial charge >= 0.3 is 0 Å². The van der Waals surface area contributed by atoms with Crippen molar-refractivity contribution < 1.29 is 0 Å². The Labute approximate surface area is 162 Å². The molecular weight excluding hydrogens is 346 g/mol. The lowest BCUT2D eigenvalue weighted by Crippen LogP contribution is -1.81. The van der Waals surface area contributed by atoms with E-state index in [1.54, 1.807) is 24.8 Å². The summed E-state index contributed by atoms with van der Waals surface area (Å²) in [5.74, 6) is 0. The highest BCUT2D eigenvalue weighted by atomic mass is 15.2. The minimum Gasteiger partial charge on any atom is -0.324 e. The van der Waals surface area contributed by atoms with Gasteiger partial charge < -0.3 is 4.40 Å². The Morgan fingerprint density at radius 3 is 2.29 bits per heavy atom. The van der Waals surface area contributed by atoms with Crippen LogP contribution in [0.1, 0.15) is 0 Å². The molecule has 0 aliphatic heterocycles. The van der Waals surface area contributed by atoms with Crippen molar-refractivity contribution in [2.45, 2.75) is 0 Å². The summed E-state index contributed by atoms with van der Waals surface area (Å²) in [6.07, 6.45) is 13.1. The average molecular weight is 365 g/mol. The molecule has 0 saturated heterocycles. The van der Waals surface area contributed by atoms with Crippen LogP contribution in [0.15, 0.2) is 116 Å². The second-order valence-corrected chi connectivity index (χ2v) is 6.01. The molecule has 6 rings (SSSR count). The SMILES string of the molecule is c1ccn2cccc2c1.c1ccn2nccc2c1.c1cnc2cnccc2c1. The first-order valence-electron chi connectivity index (χ1n) is 8.95. The molecule has 0 radical (unpaired) electrons. The quantitative estimate of drug-likeness (QED) is 0.384. The summed E-state index contributed by atoms with van der Waals surface area (Å²) in [4.78, 5) is 8.07. The third-order valence-corrected chi connectivity index (χ3v) is 4.15. The lowest BCUT2D eigenvalue weighted by atomic mass is 10.3. The summed E-state index contributed by atoms with van der Waals surface area (Å²) in [6, 6.07) is 24.1. The summed E-state index contributed by atoms with van der Waals surface area (Å²) in [5, 5.41) is 5.17. The molecule has 0 unspecified atom stereocenters. The number of aromatic nitrogens is 5. The molecule has 6 aromatic heterocycles. The van der Waals surface area contributed by atoms with Crippen molar-refractivity contribution in [2.24, 2.45) is 0 Å². The molecule has 0 bridgehead atoms. The van der Waals surface area contributed by atoms with Crippen molar-refractivity contribution in [3.8, 4) is 0 Å². The van der Waals surface area contributed by atoms with Gasteiger partial charge in [-0.1, -0.05) is 18.2 Å². The third kappa shape index (κ3) is 4.22. The normalized spacial score (nSPS) is 10.1. The Morgan fingerprint density at radius 2 is 1.43 bits per heavy atom. The van der Waals surface area contributed by atoms with E-state index in [1.807, 2.05) is 83.8 Å². The summed E-state index contributed by atoms with van der Waals surface area (Å²) in [5.41, 5.74) is 3.33. The molecule has 0 spiro atoms. The number of hydrogen-bond acceptors (Lipinski definition) is 3. The zero-order valence-corrected chi connectivity index (χ0v) is 15.2. The predicted molar refractivity (Wildman–Crippen MR) is 112 cm³/mol. The molecular formula is C23H19N5. The van der Waals surface area contributed by atoms with Crippen molar-refractivity contribution in [2.75, 3.05) is 0 Å². The molecule has 0 saturated carbocycles. The first-order valence-corrected chi connectivity index (χ1v) is 8.95. The molecule has 0 aliphatic carbocycles. The van der Waals surface area contributed by atoms with Crippen LogP contribution in [0.5, 0.6) is 0 Å². The fourth-order valence-corrected chi connectivity index (χ4v) is 2.76. The molecule has 0 amide bonds. The van der Waals surface area contributed by atoms with Crippen molar-refractivity contribution >= 4 is 21.9 Å². The monoisotopic (exact) mass is 365 g/mol. The molecule has 0 fully saturated rings. The predicted octanol–water partition coefficient (Wildman–Crippen LogP) is 4.90. The van der Waals surface area contributed by atoms with Gasteiger partial charge in [-0.15, -0.1) is 0 Å². The minimum atomic E-state index is 0.949. The number of nitrogens with zero attached hydrogens (tertiary/aromatic N) is 5. The van der Waals surface area contributed by atoms with Crippen LogP contribution in [0.4, 0.5) is 0 Å². The Kier molecular flexibility index (Phi) is 5.35. The van der Waals surface area contributed by atoms with Gasteiger partial charge in [-0.3, -0.25) is 9.97 Å². The van der Waals surface area contributed by atoms with E-state index in [2.05, 4.69) is 31.6 Å². The fraction of sp³-hybridized carbons (Fsp3) is 0. The van der Waals surface area contributed by atoms with Gasteiger partial charge in [0.25, 0.3) is 0 Å². The van der Waals surface area contributed by atoms with Gasteiger partial charge in [-0.25, -0.2) is 4.52 Å². The Morgan fingerprint density at radius 1 is 0.607 bits per heavy atom. The van der Waals surface area contributed by atoms with Crippen LogP contribution in [-0.2, 0) is 0 Å². The van der Waals surface area contributed by atoms with Crippen molar-refractivity contribution in [3.63, 3.8) is 0 Å². The number of rotatable bonds is 0. The highest BCUT2D eigenvalue weighted by Crippen LogP contribution is 2.06. The summed E-state index contributed by atoms with van der Waals surface area (Å²) in [7, 11) is 0. The Bertz CT molecular complexity index is 1090. The van der Waals surface area contributed by atoms with E-state index in [9.17, 15) is 0 Å². The van der Waals surface area contributed by atoms with Crippen molar-refractivity contribution in [3.05, 3.63) is 116 Å². The second kappa shape index (κ2) is 8.60. The number of hydrogen-bond donors (Lipinski definition) is 0. The van der Waals surface area contributed by atoms with Crippen LogP contribution in [0.3, 0.4) is 0 Å². The Balaban J connectivity index is 0.000000103. The minimum absolute atomic E-state index is 0.949. The van der Waals surface area contributed by atoms with Gasteiger partial charge in [0.15, 0.2) is 0 Å². The van der Waals surface area contributed by atoms with Gasteiger partial charge in [0.1, 0.15) is 0 Å². The lowest BCUT2D eigenvalue weighted by molar-refractivity contribution is 0.961. The highest BCUT2D eigenvalue weighted by Gasteiger charge is 1.88. The maximum absolute atomic E-state index is 4.12. The van der Waals surface area contributed by atoms with E-state index in [1.165, 1.54) is 5.52 Å². The molecule has 0 N–H and O–H groups in total. The van der Waals surface area contributed by atoms with Crippen LogP contribution >= 0.6 is 0 Å². The molecule has 5 nitrogen and oxygen atoms in total. The molecule has 0 atom stereocenters. The highest BCUT2D eigenvalue weighted by molar-refractivity contribution is 5.76. The van der Waals surface area contributed by atoms with Crippen LogP contribution in [0.2, 0.25) is 0 Å². The summed E-state index contributed by atoms with van der Waals surface area (Å²) >= 11 is 0. The molecule has 0 aromatic carbocycles. The van der Waals surface area contributed by atoms with Crippen LogP contribution in [0.25, 0.3) is 21.9 Å². The zero-order valence-electron chi connectivity index (χ0n) is 15.2. The van der Waals surface area contributed by atoms with Crippen molar-refractivity contribution in [1.82, 2.24) is 24.0 Å². The Hall–Kier alpha value is -3.99. The van der Waals surface area contributed by atoms with Gasteiger partial charge in [-0.05, 0) is 54.6 Å². The summed E-state index contributed by atoms with van der Waals surface area (Å²) < 4.78 is 3.92. The number of pyridine rings is 4. The van der Waals surface area contributed by atoms with Crippen LogP contribution < -0.4 is 0 Å². The van der Waals surface area contributed by atoms with Crippen molar-refractivity contribution in [1.29, 1.82) is 0 Å². The molecule has 0 aliphatic rings. The molecule has 6 aromatic rings. The van der Waals surface area contributed by atoms with Gasteiger partial charge in [0, 0.05) is 48.1 Å². The number of fused-ring (bicyclic) bond motifs is 3. The van der Waals surface area contributed by atoms with E-state index < -0.39 is 0 Å². The molecule has 5 heteroatoms. The third-order valence-electron chi connectivity index (χ3n) is 4.15. The fourth-order valence-electron chi connectivity index (χ4n) is 2.76. The van der Waals surface area contributed by atoms with E-state index in [0.717, 1.165) is 16.4 Å². The van der Waals surface area contributed by atoms with Gasteiger partial charge in [0.2, 0.25) is 0 Å². The second-order valence-electron chi connectivity index (χ2n) is 6.01. The maximum atomic E-state index is 4.12. The molecule has 6 heterocycles. The molecule has 136 valence electrons. The van der Waals surface area contributed by atoms with E-state index in [4.69, 9.17) is 0 Å². The summed E-state index contributed by atoms with van der Waals surface area (Å²) in [6.45, 7) is 0. The van der Waals surface area contributed by atoms with E-state index in [-0.39, 0.29) is 0 Å². The topological polar surface area (TPSA) is 47.5 Å². The van der Waals surface area contributed by atoms with Crippen LogP contribution in [-0.4, -0.2) is 24.0 Å². The van der Waals surface area contributed by atoms with E-state index >= 15 is 0 Å². The van der Waals surface area contributed by atoms with Gasteiger partial charge in [0.05, 0.1) is 17.2 Å².